The highest BCUT2D eigenvalue weighted by Crippen LogP contribution is 2.17. The molecule has 2 rings (SSSR count). The summed E-state index contributed by atoms with van der Waals surface area (Å²) >= 11 is 0. The van der Waals surface area contributed by atoms with E-state index in [1.54, 1.807) is 12.1 Å². The average Bonchev–Trinajstić information content (AvgIpc) is 2.85. The minimum Gasteiger partial charge on any atom is -0.334 e. The molecule has 0 fully saturated rings. The summed E-state index contributed by atoms with van der Waals surface area (Å²) in [7, 11) is 1.91. The third kappa shape index (κ3) is 3.41. The molecule has 0 aliphatic carbocycles. The van der Waals surface area contributed by atoms with E-state index in [4.69, 9.17) is 0 Å². The fourth-order valence-corrected chi connectivity index (χ4v) is 2.28. The van der Waals surface area contributed by atoms with Gasteiger partial charge in [0.15, 0.2) is 0 Å². The quantitative estimate of drug-likeness (QED) is 0.866. The molecule has 0 amide bonds. The first-order chi connectivity index (χ1) is 9.24. The molecule has 2 aromatic rings. The molecule has 1 aromatic heterocycles. The zero-order valence-corrected chi connectivity index (χ0v) is 11.4. The number of halogens is 1. The summed E-state index contributed by atoms with van der Waals surface area (Å²) in [6.45, 7) is 3.10. The second-order valence-electron chi connectivity index (χ2n) is 4.65. The van der Waals surface area contributed by atoms with Gasteiger partial charge >= 0.3 is 0 Å². The SMILES string of the molecule is CCCn1ccnc1C(Cc1cccc(F)c1)NC. The smallest absolute Gasteiger partial charge is 0.126 e. The summed E-state index contributed by atoms with van der Waals surface area (Å²) in [4.78, 5) is 4.43. The predicted molar refractivity (Wildman–Crippen MR) is 74.4 cm³/mol. The van der Waals surface area contributed by atoms with Crippen LogP contribution in [0.1, 0.15) is 30.8 Å². The number of nitrogens with zero attached hydrogens (tertiary/aromatic N) is 2. The van der Waals surface area contributed by atoms with Crippen molar-refractivity contribution in [3.8, 4) is 0 Å². The lowest BCUT2D eigenvalue weighted by molar-refractivity contribution is 0.511. The number of aromatic nitrogens is 2. The number of hydrogen-bond donors (Lipinski definition) is 1. The van der Waals surface area contributed by atoms with Crippen molar-refractivity contribution >= 4 is 0 Å². The molecule has 102 valence electrons. The fraction of sp³-hybridized carbons (Fsp3) is 0.400. The number of benzene rings is 1. The van der Waals surface area contributed by atoms with Crippen LogP contribution in [0.4, 0.5) is 4.39 Å². The molecule has 0 aliphatic heterocycles. The highest BCUT2D eigenvalue weighted by atomic mass is 19.1. The number of aryl methyl sites for hydroxylation is 1. The summed E-state index contributed by atoms with van der Waals surface area (Å²) in [6.07, 6.45) is 5.62. The van der Waals surface area contributed by atoms with Crippen LogP contribution in [0.2, 0.25) is 0 Å². The van der Waals surface area contributed by atoms with Crippen molar-refractivity contribution in [2.24, 2.45) is 0 Å². The van der Waals surface area contributed by atoms with E-state index in [1.807, 2.05) is 25.5 Å². The summed E-state index contributed by atoms with van der Waals surface area (Å²) in [5, 5.41) is 3.27. The van der Waals surface area contributed by atoms with Crippen LogP contribution in [-0.4, -0.2) is 16.6 Å². The minimum absolute atomic E-state index is 0.100. The summed E-state index contributed by atoms with van der Waals surface area (Å²) in [5.74, 6) is 0.817. The van der Waals surface area contributed by atoms with Gasteiger partial charge < -0.3 is 9.88 Å². The molecule has 0 aliphatic rings. The Kier molecular flexibility index (Phi) is 4.68. The Morgan fingerprint density at radius 3 is 2.95 bits per heavy atom. The molecule has 1 unspecified atom stereocenters. The first-order valence-electron chi connectivity index (χ1n) is 6.67. The molecule has 1 N–H and O–H groups in total. The number of likely N-dealkylation sites (N-methyl/N-ethyl adjacent to an activating group) is 1. The van der Waals surface area contributed by atoms with Gasteiger partial charge in [-0.25, -0.2) is 9.37 Å². The maximum atomic E-state index is 13.2. The second-order valence-corrected chi connectivity index (χ2v) is 4.65. The average molecular weight is 261 g/mol. The number of hydrogen-bond acceptors (Lipinski definition) is 2. The molecule has 1 atom stereocenters. The second kappa shape index (κ2) is 6.48. The van der Waals surface area contributed by atoms with Gasteiger partial charge in [-0.2, -0.15) is 0 Å². The lowest BCUT2D eigenvalue weighted by Gasteiger charge is -2.17. The molecule has 4 heteroatoms. The van der Waals surface area contributed by atoms with Gasteiger partial charge in [-0.1, -0.05) is 19.1 Å². The minimum atomic E-state index is -0.191. The van der Waals surface area contributed by atoms with E-state index in [9.17, 15) is 4.39 Å². The van der Waals surface area contributed by atoms with Crippen LogP contribution in [0.5, 0.6) is 0 Å². The summed E-state index contributed by atoms with van der Waals surface area (Å²) in [6, 6.07) is 6.84. The number of imidazole rings is 1. The molecule has 0 saturated carbocycles. The maximum Gasteiger partial charge on any atom is 0.126 e. The van der Waals surface area contributed by atoms with E-state index in [0.29, 0.717) is 0 Å². The van der Waals surface area contributed by atoms with Crippen LogP contribution in [-0.2, 0) is 13.0 Å². The zero-order chi connectivity index (χ0) is 13.7. The van der Waals surface area contributed by atoms with Gasteiger partial charge in [0.05, 0.1) is 6.04 Å². The topological polar surface area (TPSA) is 29.9 Å². The zero-order valence-electron chi connectivity index (χ0n) is 11.4. The Hall–Kier alpha value is -1.68. The lowest BCUT2D eigenvalue weighted by atomic mass is 10.1. The molecule has 3 nitrogen and oxygen atoms in total. The van der Waals surface area contributed by atoms with Gasteiger partial charge in [0.25, 0.3) is 0 Å². The van der Waals surface area contributed by atoms with Crippen LogP contribution in [0.25, 0.3) is 0 Å². The Bertz CT molecular complexity index is 522. The Morgan fingerprint density at radius 2 is 2.26 bits per heavy atom. The van der Waals surface area contributed by atoms with E-state index >= 15 is 0 Å². The van der Waals surface area contributed by atoms with Gasteiger partial charge in [0, 0.05) is 18.9 Å². The molecule has 0 radical (unpaired) electrons. The number of rotatable bonds is 6. The fourth-order valence-electron chi connectivity index (χ4n) is 2.28. The van der Waals surface area contributed by atoms with Crippen molar-refractivity contribution in [2.75, 3.05) is 7.05 Å². The molecule has 1 aromatic carbocycles. The van der Waals surface area contributed by atoms with Gasteiger partial charge in [0.1, 0.15) is 11.6 Å². The van der Waals surface area contributed by atoms with Gasteiger partial charge in [0.2, 0.25) is 0 Å². The van der Waals surface area contributed by atoms with Crippen LogP contribution >= 0.6 is 0 Å². The highest BCUT2D eigenvalue weighted by molar-refractivity contribution is 5.19. The third-order valence-electron chi connectivity index (χ3n) is 3.20. The molecule has 1 heterocycles. The van der Waals surface area contributed by atoms with Crippen molar-refractivity contribution in [3.05, 3.63) is 53.9 Å². The monoisotopic (exact) mass is 261 g/mol. The first kappa shape index (κ1) is 13.7. The molecular weight excluding hydrogens is 241 g/mol. The van der Waals surface area contributed by atoms with E-state index in [0.717, 1.165) is 30.8 Å². The first-order valence-corrected chi connectivity index (χ1v) is 6.67. The summed E-state index contributed by atoms with van der Waals surface area (Å²) < 4.78 is 15.4. The van der Waals surface area contributed by atoms with Crippen molar-refractivity contribution in [3.63, 3.8) is 0 Å². The molecule has 0 spiro atoms. The van der Waals surface area contributed by atoms with E-state index < -0.39 is 0 Å². The van der Waals surface area contributed by atoms with Crippen molar-refractivity contribution in [1.29, 1.82) is 0 Å². The summed E-state index contributed by atoms with van der Waals surface area (Å²) in [5.41, 5.74) is 0.977. The lowest BCUT2D eigenvalue weighted by Crippen LogP contribution is -2.23. The van der Waals surface area contributed by atoms with Crippen molar-refractivity contribution in [2.45, 2.75) is 32.4 Å². The number of nitrogens with one attached hydrogen (secondary N) is 1. The van der Waals surface area contributed by atoms with Gasteiger partial charge in [-0.3, -0.25) is 0 Å². The molecule has 19 heavy (non-hydrogen) atoms. The molecule has 0 saturated heterocycles. The Morgan fingerprint density at radius 1 is 1.42 bits per heavy atom. The van der Waals surface area contributed by atoms with E-state index in [1.165, 1.54) is 6.07 Å². The van der Waals surface area contributed by atoms with Crippen LogP contribution < -0.4 is 5.32 Å². The van der Waals surface area contributed by atoms with Gasteiger partial charge in [-0.05, 0) is 37.6 Å². The highest BCUT2D eigenvalue weighted by Gasteiger charge is 2.15. The molecule has 0 bridgehead atoms. The molecular formula is C15H20FN3. The van der Waals surface area contributed by atoms with Gasteiger partial charge in [-0.15, -0.1) is 0 Å². The van der Waals surface area contributed by atoms with Crippen molar-refractivity contribution in [1.82, 2.24) is 14.9 Å². The van der Waals surface area contributed by atoms with E-state index in [2.05, 4.69) is 21.8 Å². The maximum absolute atomic E-state index is 13.2. The standard InChI is InChI=1S/C15H20FN3/c1-3-8-19-9-7-18-15(19)14(17-2)11-12-5-4-6-13(16)10-12/h4-7,9-10,14,17H,3,8,11H2,1-2H3. The van der Waals surface area contributed by atoms with Crippen LogP contribution in [0.15, 0.2) is 36.7 Å². The predicted octanol–water partition coefficient (Wildman–Crippen LogP) is 2.94. The van der Waals surface area contributed by atoms with Crippen molar-refractivity contribution < 1.29 is 4.39 Å². The normalized spacial score (nSPS) is 12.6. The van der Waals surface area contributed by atoms with Crippen LogP contribution in [0.3, 0.4) is 0 Å². The van der Waals surface area contributed by atoms with Crippen LogP contribution in [0, 0.1) is 5.82 Å². The largest absolute Gasteiger partial charge is 0.334 e. The third-order valence-corrected chi connectivity index (χ3v) is 3.20. The Labute approximate surface area is 113 Å². The Balaban J connectivity index is 2.18. The van der Waals surface area contributed by atoms with E-state index in [-0.39, 0.29) is 11.9 Å².